The lowest BCUT2D eigenvalue weighted by atomic mass is 9.55. The average Bonchev–Trinajstić information content (AvgIpc) is 2.88. The van der Waals surface area contributed by atoms with Crippen LogP contribution in [0.1, 0.15) is 58.3 Å². The van der Waals surface area contributed by atoms with Crippen molar-refractivity contribution >= 4 is 5.97 Å². The summed E-state index contributed by atoms with van der Waals surface area (Å²) in [5.74, 6) is 0.873. The fraction of sp³-hybridized carbons (Fsp3) is 0.857. The van der Waals surface area contributed by atoms with Gasteiger partial charge in [-0.3, -0.25) is 9.69 Å². The number of likely N-dealkylation sites (tertiary alicyclic amines) is 1. The van der Waals surface area contributed by atoms with E-state index >= 15 is 0 Å². The number of ether oxygens (including phenoxy) is 1. The molecule has 0 aromatic carbocycles. The van der Waals surface area contributed by atoms with Crippen LogP contribution in [0.25, 0.3) is 0 Å². The number of piperidine rings is 1. The Morgan fingerprint density at radius 1 is 1.36 bits per heavy atom. The van der Waals surface area contributed by atoms with Gasteiger partial charge in [-0.1, -0.05) is 25.5 Å². The van der Waals surface area contributed by atoms with Crippen LogP contribution in [0.15, 0.2) is 12.2 Å². The van der Waals surface area contributed by atoms with Gasteiger partial charge in [-0.25, -0.2) is 0 Å². The maximum Gasteiger partial charge on any atom is 0.310 e. The second-order valence-corrected chi connectivity index (χ2v) is 9.23. The van der Waals surface area contributed by atoms with E-state index in [-0.39, 0.29) is 36.1 Å². The number of nitrogens with zero attached hydrogens (tertiary/aromatic N) is 1. The number of carbonyl (C=O) groups is 1. The maximum atomic E-state index is 12.7. The van der Waals surface area contributed by atoms with Crippen LogP contribution >= 0.6 is 0 Å². The topological polar surface area (TPSA) is 49.8 Å². The highest BCUT2D eigenvalue weighted by atomic mass is 16.6. The van der Waals surface area contributed by atoms with Crippen molar-refractivity contribution in [3.63, 3.8) is 0 Å². The van der Waals surface area contributed by atoms with E-state index in [1.165, 1.54) is 31.3 Å². The average molecular weight is 347 g/mol. The lowest BCUT2D eigenvalue weighted by molar-refractivity contribution is -0.146. The van der Waals surface area contributed by atoms with Crippen molar-refractivity contribution in [2.45, 2.75) is 70.4 Å². The summed E-state index contributed by atoms with van der Waals surface area (Å²) in [6, 6.07) is 0.221. The zero-order chi connectivity index (χ0) is 17.6. The second-order valence-electron chi connectivity index (χ2n) is 9.23. The van der Waals surface area contributed by atoms with Gasteiger partial charge in [0.05, 0.1) is 12.5 Å². The Morgan fingerprint density at radius 2 is 2.20 bits per heavy atom. The third-order valence-electron chi connectivity index (χ3n) is 7.71. The molecule has 4 fully saturated rings. The first kappa shape index (κ1) is 17.5. The van der Waals surface area contributed by atoms with Crippen LogP contribution in [-0.4, -0.2) is 47.8 Å². The van der Waals surface area contributed by atoms with Gasteiger partial charge in [0, 0.05) is 18.5 Å². The molecule has 4 nitrogen and oxygen atoms in total. The molecule has 2 heterocycles. The third-order valence-corrected chi connectivity index (χ3v) is 7.71. The van der Waals surface area contributed by atoms with E-state index in [9.17, 15) is 9.90 Å². The van der Waals surface area contributed by atoms with Gasteiger partial charge < -0.3 is 9.84 Å². The van der Waals surface area contributed by atoms with Gasteiger partial charge in [-0.05, 0) is 62.8 Å². The summed E-state index contributed by atoms with van der Waals surface area (Å²) in [4.78, 5) is 15.0. The molecule has 0 aromatic heterocycles. The number of carbonyl (C=O) groups excluding carboxylic acids is 1. The molecule has 0 amide bonds. The highest BCUT2D eigenvalue weighted by molar-refractivity contribution is 5.75. The molecule has 0 spiro atoms. The van der Waals surface area contributed by atoms with Gasteiger partial charge in [0.15, 0.2) is 0 Å². The number of aliphatic hydroxyl groups is 1. The van der Waals surface area contributed by atoms with Gasteiger partial charge in [0.25, 0.3) is 0 Å². The first-order chi connectivity index (χ1) is 12.0. The molecule has 0 aromatic rings. The zero-order valence-corrected chi connectivity index (χ0v) is 15.6. The van der Waals surface area contributed by atoms with Crippen molar-refractivity contribution in [1.29, 1.82) is 0 Å². The summed E-state index contributed by atoms with van der Waals surface area (Å²) < 4.78 is 5.88. The quantitative estimate of drug-likeness (QED) is 0.629. The number of allylic oxidation sites excluding steroid dienone is 1. The van der Waals surface area contributed by atoms with Crippen LogP contribution in [0.5, 0.6) is 0 Å². The Bertz CT molecular complexity index is 547. The summed E-state index contributed by atoms with van der Waals surface area (Å²) in [5.41, 5.74) is 1.67. The zero-order valence-electron chi connectivity index (χ0n) is 15.6. The number of aliphatic hydroxyl groups excluding tert-OH is 1. The first-order valence-corrected chi connectivity index (χ1v) is 10.2. The molecule has 140 valence electrons. The van der Waals surface area contributed by atoms with Gasteiger partial charge in [0.1, 0.15) is 6.10 Å². The normalized spacial score (nSPS) is 45.0. The fourth-order valence-electron chi connectivity index (χ4n) is 6.22. The summed E-state index contributed by atoms with van der Waals surface area (Å²) in [5, 5.41) is 9.69. The SMILES string of the molecule is C=C1CCC[C@@]2(C)C[C@H]3OC(=O)[C@@H](CN4CCCC[C@@H]4CO)[C@@H]3C[C@H]12. The minimum absolute atomic E-state index is 0.00474. The van der Waals surface area contributed by atoms with Crippen molar-refractivity contribution in [2.24, 2.45) is 23.2 Å². The second kappa shape index (κ2) is 6.70. The van der Waals surface area contributed by atoms with Gasteiger partial charge >= 0.3 is 5.97 Å². The lowest BCUT2D eigenvalue weighted by Gasteiger charge is -2.50. The molecular formula is C21H33NO3. The molecule has 4 rings (SSSR count). The molecule has 6 atom stereocenters. The van der Waals surface area contributed by atoms with Crippen LogP contribution in [0.3, 0.4) is 0 Å². The molecule has 0 bridgehead atoms. The van der Waals surface area contributed by atoms with E-state index in [1.807, 2.05) is 0 Å². The Labute approximate surface area is 151 Å². The molecule has 2 saturated heterocycles. The third kappa shape index (κ3) is 3.06. The predicted octanol–water partition coefficient (Wildman–Crippen LogP) is 3.15. The summed E-state index contributed by atoms with van der Waals surface area (Å²) in [6.45, 7) is 8.72. The standard InChI is InChI=1S/C21H33NO3/c1-14-6-5-8-21(2)11-19-16(10-18(14)21)17(20(24)25-19)12-22-9-4-3-7-15(22)13-23/h15-19,23H,1,3-13H2,2H3/t15-,16+,17+,18-,19-,21+/m1/s1. The monoisotopic (exact) mass is 347 g/mol. The van der Waals surface area contributed by atoms with E-state index in [0.29, 0.717) is 11.8 Å². The Morgan fingerprint density at radius 3 is 3.00 bits per heavy atom. The van der Waals surface area contributed by atoms with Crippen LogP contribution in [-0.2, 0) is 9.53 Å². The smallest absolute Gasteiger partial charge is 0.310 e. The molecule has 2 saturated carbocycles. The summed E-state index contributed by atoms with van der Waals surface area (Å²) in [7, 11) is 0. The van der Waals surface area contributed by atoms with Gasteiger partial charge in [-0.2, -0.15) is 0 Å². The van der Waals surface area contributed by atoms with Crippen molar-refractivity contribution in [2.75, 3.05) is 19.7 Å². The van der Waals surface area contributed by atoms with Crippen molar-refractivity contribution < 1.29 is 14.6 Å². The van der Waals surface area contributed by atoms with Gasteiger partial charge in [-0.15, -0.1) is 0 Å². The number of hydrogen-bond donors (Lipinski definition) is 1. The summed E-state index contributed by atoms with van der Waals surface area (Å²) in [6.07, 6.45) is 9.18. The molecule has 0 unspecified atom stereocenters. The van der Waals surface area contributed by atoms with E-state index < -0.39 is 0 Å². The molecule has 4 aliphatic rings. The molecule has 1 N–H and O–H groups in total. The van der Waals surface area contributed by atoms with Crippen molar-refractivity contribution in [3.05, 3.63) is 12.2 Å². The maximum absolute atomic E-state index is 12.7. The number of rotatable bonds is 3. The minimum atomic E-state index is -0.0172. The molecule has 0 radical (unpaired) electrons. The van der Waals surface area contributed by atoms with Crippen LogP contribution in [0.4, 0.5) is 0 Å². The van der Waals surface area contributed by atoms with Crippen LogP contribution < -0.4 is 0 Å². The van der Waals surface area contributed by atoms with Crippen molar-refractivity contribution in [3.8, 4) is 0 Å². The molecule has 2 aliphatic carbocycles. The summed E-state index contributed by atoms with van der Waals surface area (Å²) >= 11 is 0. The Hall–Kier alpha value is -0.870. The minimum Gasteiger partial charge on any atom is -0.462 e. The lowest BCUT2D eigenvalue weighted by Crippen LogP contribution is -2.48. The fourth-order valence-corrected chi connectivity index (χ4v) is 6.22. The molecule has 2 aliphatic heterocycles. The molecule has 4 heteroatoms. The largest absolute Gasteiger partial charge is 0.462 e. The Kier molecular flexibility index (Phi) is 4.70. The van der Waals surface area contributed by atoms with Gasteiger partial charge in [0.2, 0.25) is 0 Å². The number of esters is 1. The molecule has 25 heavy (non-hydrogen) atoms. The van der Waals surface area contributed by atoms with E-state index in [4.69, 9.17) is 4.74 Å². The van der Waals surface area contributed by atoms with Crippen LogP contribution in [0.2, 0.25) is 0 Å². The molecular weight excluding hydrogens is 314 g/mol. The van der Waals surface area contributed by atoms with Crippen LogP contribution in [0, 0.1) is 23.2 Å². The predicted molar refractivity (Wildman–Crippen MR) is 97.0 cm³/mol. The van der Waals surface area contributed by atoms with E-state index in [0.717, 1.165) is 38.8 Å². The number of fused-ring (bicyclic) bond motifs is 2. The highest BCUT2D eigenvalue weighted by Gasteiger charge is 2.55. The first-order valence-electron chi connectivity index (χ1n) is 10.2. The van der Waals surface area contributed by atoms with E-state index in [2.05, 4.69) is 18.4 Å². The highest BCUT2D eigenvalue weighted by Crippen LogP contribution is 2.57. The number of hydrogen-bond acceptors (Lipinski definition) is 4. The van der Waals surface area contributed by atoms with Crippen molar-refractivity contribution in [1.82, 2.24) is 4.90 Å². The Balaban J connectivity index is 1.51. The van der Waals surface area contributed by atoms with E-state index in [1.54, 1.807) is 0 Å².